The molecular weight excluding hydrogens is 400 g/mol. The first-order chi connectivity index (χ1) is 14.2. The molecule has 1 heterocycles. The van der Waals surface area contributed by atoms with Gasteiger partial charge in [-0.2, -0.15) is 0 Å². The number of rotatable bonds is 5. The number of fused-ring (bicyclic) bond motifs is 1. The number of amides is 2. The number of thiophene rings is 1. The molecule has 3 aliphatic carbocycles. The average molecular weight is 431 g/mol. The molecular formula is C23H30N2O4S. The minimum Gasteiger partial charge on any atom is -0.481 e. The van der Waals surface area contributed by atoms with Gasteiger partial charge in [-0.3, -0.25) is 14.4 Å². The average Bonchev–Trinajstić information content (AvgIpc) is 3.42. The van der Waals surface area contributed by atoms with Gasteiger partial charge < -0.3 is 15.7 Å². The minimum absolute atomic E-state index is 0.106. The number of carbonyl (C=O) groups excluding carboxylic acids is 2. The van der Waals surface area contributed by atoms with E-state index in [1.807, 2.05) is 13.8 Å². The molecule has 6 nitrogen and oxygen atoms in total. The lowest BCUT2D eigenvalue weighted by molar-refractivity contribution is -0.146. The van der Waals surface area contributed by atoms with Crippen LogP contribution in [0.3, 0.4) is 0 Å². The zero-order chi connectivity index (χ0) is 21.6. The van der Waals surface area contributed by atoms with E-state index in [2.05, 4.69) is 17.6 Å². The number of hydrogen-bond donors (Lipinski definition) is 3. The third-order valence-electron chi connectivity index (χ3n) is 6.81. The first-order valence-electron chi connectivity index (χ1n) is 10.9. The lowest BCUT2D eigenvalue weighted by atomic mass is 9.76. The Balaban J connectivity index is 1.62. The van der Waals surface area contributed by atoms with E-state index < -0.39 is 17.8 Å². The van der Waals surface area contributed by atoms with Crippen molar-refractivity contribution >= 4 is 34.1 Å². The molecule has 0 aliphatic heterocycles. The summed E-state index contributed by atoms with van der Waals surface area (Å²) in [5.74, 6) is -2.13. The van der Waals surface area contributed by atoms with Gasteiger partial charge in [-0.05, 0) is 70.3 Å². The maximum Gasteiger partial charge on any atom is 0.307 e. The van der Waals surface area contributed by atoms with Gasteiger partial charge in [0.25, 0.3) is 5.91 Å². The van der Waals surface area contributed by atoms with E-state index in [4.69, 9.17) is 0 Å². The van der Waals surface area contributed by atoms with E-state index in [1.165, 1.54) is 16.2 Å². The quantitative estimate of drug-likeness (QED) is 0.612. The van der Waals surface area contributed by atoms with E-state index in [-0.39, 0.29) is 17.9 Å². The van der Waals surface area contributed by atoms with Gasteiger partial charge in [-0.15, -0.1) is 11.3 Å². The van der Waals surface area contributed by atoms with Crippen molar-refractivity contribution in [1.29, 1.82) is 0 Å². The highest BCUT2D eigenvalue weighted by Crippen LogP contribution is 2.41. The number of nitrogens with one attached hydrogen (secondary N) is 2. The molecule has 0 unspecified atom stereocenters. The molecule has 3 atom stereocenters. The SMILES string of the molecule is CC1=C(C)C[C@@H](C(=O)O)[C@@H](C(=O)Nc2sc3c(c2C(=O)NC2CC2)CC[C@@H](C)C3)C1. The van der Waals surface area contributed by atoms with Crippen LogP contribution in [0, 0.1) is 17.8 Å². The zero-order valence-electron chi connectivity index (χ0n) is 17.8. The van der Waals surface area contributed by atoms with Crippen molar-refractivity contribution in [2.75, 3.05) is 5.32 Å². The van der Waals surface area contributed by atoms with Crippen LogP contribution in [0.1, 0.15) is 73.7 Å². The molecule has 1 saturated carbocycles. The first kappa shape index (κ1) is 21.1. The fourth-order valence-corrected chi connectivity index (χ4v) is 6.01. The topological polar surface area (TPSA) is 95.5 Å². The van der Waals surface area contributed by atoms with Crippen molar-refractivity contribution in [2.24, 2.45) is 17.8 Å². The van der Waals surface area contributed by atoms with E-state index in [1.54, 1.807) is 0 Å². The van der Waals surface area contributed by atoms with Crippen LogP contribution in [0.2, 0.25) is 0 Å². The number of anilines is 1. The van der Waals surface area contributed by atoms with Gasteiger partial charge in [0.05, 0.1) is 17.4 Å². The predicted octanol–water partition coefficient (Wildman–Crippen LogP) is 4.15. The Labute approximate surface area is 181 Å². The molecule has 30 heavy (non-hydrogen) atoms. The number of carboxylic acids is 1. The number of carboxylic acid groups (broad SMARTS) is 1. The highest BCUT2D eigenvalue weighted by atomic mass is 32.1. The van der Waals surface area contributed by atoms with Gasteiger partial charge >= 0.3 is 5.97 Å². The number of allylic oxidation sites excluding steroid dienone is 2. The van der Waals surface area contributed by atoms with Crippen molar-refractivity contribution in [3.8, 4) is 0 Å². The lowest BCUT2D eigenvalue weighted by Crippen LogP contribution is -2.37. The number of aliphatic carboxylic acids is 1. The lowest BCUT2D eigenvalue weighted by Gasteiger charge is -2.29. The van der Waals surface area contributed by atoms with Gasteiger partial charge in [0.15, 0.2) is 0 Å². The van der Waals surface area contributed by atoms with Crippen molar-refractivity contribution in [3.05, 3.63) is 27.2 Å². The molecule has 162 valence electrons. The summed E-state index contributed by atoms with van der Waals surface area (Å²) in [5.41, 5.74) is 3.81. The summed E-state index contributed by atoms with van der Waals surface area (Å²) < 4.78 is 0. The fourth-order valence-electron chi connectivity index (χ4n) is 4.60. The summed E-state index contributed by atoms with van der Waals surface area (Å²) in [5, 5.41) is 16.3. The molecule has 1 aromatic heterocycles. The largest absolute Gasteiger partial charge is 0.481 e. The molecule has 4 rings (SSSR count). The van der Waals surface area contributed by atoms with Gasteiger partial charge in [-0.1, -0.05) is 18.1 Å². The second-order valence-corrected chi connectivity index (χ2v) is 10.4. The Morgan fingerprint density at radius 2 is 1.67 bits per heavy atom. The maximum absolute atomic E-state index is 13.2. The van der Waals surface area contributed by atoms with E-state index in [0.717, 1.165) is 48.8 Å². The van der Waals surface area contributed by atoms with Crippen molar-refractivity contribution in [3.63, 3.8) is 0 Å². The summed E-state index contributed by atoms with van der Waals surface area (Å²) in [4.78, 5) is 39.2. The van der Waals surface area contributed by atoms with E-state index in [9.17, 15) is 19.5 Å². The van der Waals surface area contributed by atoms with Crippen LogP contribution in [0.25, 0.3) is 0 Å². The molecule has 1 aromatic rings. The summed E-state index contributed by atoms with van der Waals surface area (Å²) in [7, 11) is 0. The summed E-state index contributed by atoms with van der Waals surface area (Å²) in [6.45, 7) is 6.11. The smallest absolute Gasteiger partial charge is 0.307 e. The van der Waals surface area contributed by atoms with Crippen molar-refractivity contribution in [1.82, 2.24) is 5.32 Å². The third kappa shape index (κ3) is 4.17. The Bertz CT molecular complexity index is 928. The van der Waals surface area contributed by atoms with Crippen LogP contribution < -0.4 is 10.6 Å². The molecule has 0 spiro atoms. The van der Waals surface area contributed by atoms with Crippen LogP contribution in [0.15, 0.2) is 11.1 Å². The number of carbonyl (C=O) groups is 3. The second-order valence-electron chi connectivity index (χ2n) is 9.31. The molecule has 1 fully saturated rings. The predicted molar refractivity (Wildman–Crippen MR) is 117 cm³/mol. The van der Waals surface area contributed by atoms with Gasteiger partial charge in [0.2, 0.25) is 5.91 Å². The van der Waals surface area contributed by atoms with Gasteiger partial charge in [-0.25, -0.2) is 0 Å². The van der Waals surface area contributed by atoms with Gasteiger partial charge in [0.1, 0.15) is 5.00 Å². The maximum atomic E-state index is 13.2. The van der Waals surface area contributed by atoms with Crippen LogP contribution in [0.4, 0.5) is 5.00 Å². The van der Waals surface area contributed by atoms with Crippen LogP contribution in [0.5, 0.6) is 0 Å². The molecule has 3 aliphatic rings. The molecule has 0 radical (unpaired) electrons. The summed E-state index contributed by atoms with van der Waals surface area (Å²) in [6.07, 6.45) is 5.65. The van der Waals surface area contributed by atoms with Gasteiger partial charge in [0, 0.05) is 10.9 Å². The monoisotopic (exact) mass is 430 g/mol. The Morgan fingerprint density at radius 1 is 1.00 bits per heavy atom. The molecule has 7 heteroatoms. The highest BCUT2D eigenvalue weighted by molar-refractivity contribution is 7.17. The molecule has 0 aromatic carbocycles. The van der Waals surface area contributed by atoms with Crippen LogP contribution in [-0.2, 0) is 22.4 Å². The van der Waals surface area contributed by atoms with E-state index in [0.29, 0.717) is 29.3 Å². The van der Waals surface area contributed by atoms with Crippen molar-refractivity contribution in [2.45, 2.75) is 71.8 Å². The summed E-state index contributed by atoms with van der Waals surface area (Å²) in [6, 6.07) is 0.240. The zero-order valence-corrected chi connectivity index (χ0v) is 18.7. The van der Waals surface area contributed by atoms with Crippen molar-refractivity contribution < 1.29 is 19.5 Å². The standard InChI is InChI=1S/C23H30N2O4S/c1-11-4-7-15-18(8-11)30-22(19(15)21(27)24-14-5-6-14)25-20(26)16-9-12(2)13(3)10-17(16)23(28)29/h11,14,16-17H,4-10H2,1-3H3,(H,24,27)(H,25,26)(H,28,29)/t11-,16+,17-/m1/s1. The second kappa shape index (κ2) is 8.17. The highest BCUT2D eigenvalue weighted by Gasteiger charge is 2.38. The molecule has 2 amide bonds. The molecule has 3 N–H and O–H groups in total. The Hall–Kier alpha value is -2.15. The minimum atomic E-state index is -0.937. The molecule has 0 saturated heterocycles. The number of hydrogen-bond acceptors (Lipinski definition) is 4. The third-order valence-corrected chi connectivity index (χ3v) is 7.98. The van der Waals surface area contributed by atoms with Crippen LogP contribution >= 0.6 is 11.3 Å². The first-order valence-corrected chi connectivity index (χ1v) is 11.7. The van der Waals surface area contributed by atoms with Crippen LogP contribution in [-0.4, -0.2) is 28.9 Å². The Kier molecular flexibility index (Phi) is 5.75. The normalized spacial score (nSPS) is 26.2. The summed E-state index contributed by atoms with van der Waals surface area (Å²) >= 11 is 1.49. The fraction of sp³-hybridized carbons (Fsp3) is 0.609. The van der Waals surface area contributed by atoms with E-state index >= 15 is 0 Å². The molecule has 0 bridgehead atoms. The Morgan fingerprint density at radius 3 is 2.30 bits per heavy atom.